The molecule has 1 saturated carbocycles. The molecule has 0 aliphatic heterocycles. The number of hydrogen-bond acceptors (Lipinski definition) is 5. The van der Waals surface area contributed by atoms with Gasteiger partial charge in [-0.25, -0.2) is 0 Å². The number of hydrogen-bond donors (Lipinski definition) is 0. The predicted octanol–water partition coefficient (Wildman–Crippen LogP) is 6.22. The summed E-state index contributed by atoms with van der Waals surface area (Å²) in [6, 6.07) is 0.101. The van der Waals surface area contributed by atoms with E-state index in [1.807, 2.05) is 32.4 Å². The molecule has 2 aromatic rings. The second-order valence-electron chi connectivity index (χ2n) is 11.8. The van der Waals surface area contributed by atoms with Crippen molar-refractivity contribution in [3.8, 4) is 0 Å². The molecule has 1 amide bonds. The van der Waals surface area contributed by atoms with Gasteiger partial charge in [-0.05, 0) is 43.9 Å². The number of rotatable bonds is 7. The van der Waals surface area contributed by atoms with Crippen LogP contribution in [0, 0.1) is 23.7 Å². The summed E-state index contributed by atoms with van der Waals surface area (Å²) >= 11 is 12.4. The average molecular weight is 536 g/mol. The van der Waals surface area contributed by atoms with Crippen molar-refractivity contribution in [2.45, 2.75) is 73.8 Å². The number of ketones is 2. The van der Waals surface area contributed by atoms with E-state index in [0.29, 0.717) is 12.1 Å². The highest BCUT2D eigenvalue weighted by atomic mass is 35.5. The van der Waals surface area contributed by atoms with Gasteiger partial charge in [0.05, 0.1) is 40.0 Å². The number of carbonyl (C=O) groups excluding carboxylic acids is 3. The van der Waals surface area contributed by atoms with E-state index < -0.39 is 0 Å². The van der Waals surface area contributed by atoms with Gasteiger partial charge >= 0.3 is 0 Å². The van der Waals surface area contributed by atoms with E-state index in [0.717, 1.165) is 25.0 Å². The van der Waals surface area contributed by atoms with Crippen molar-refractivity contribution in [3.63, 3.8) is 0 Å². The summed E-state index contributed by atoms with van der Waals surface area (Å²) in [6.45, 7) is 14.0. The average Bonchev–Trinajstić information content (AvgIpc) is 3.11. The third-order valence-corrected chi connectivity index (χ3v) is 7.60. The summed E-state index contributed by atoms with van der Waals surface area (Å²) < 4.78 is 1.92. The van der Waals surface area contributed by atoms with Crippen molar-refractivity contribution < 1.29 is 14.4 Å². The van der Waals surface area contributed by atoms with Crippen LogP contribution in [0.5, 0.6) is 0 Å². The molecule has 0 spiro atoms. The molecule has 0 bridgehead atoms. The van der Waals surface area contributed by atoms with Crippen molar-refractivity contribution >= 4 is 40.7 Å². The first-order chi connectivity index (χ1) is 16.6. The highest BCUT2D eigenvalue weighted by Crippen LogP contribution is 2.46. The van der Waals surface area contributed by atoms with Crippen LogP contribution in [0.15, 0.2) is 18.6 Å². The Labute approximate surface area is 223 Å². The molecule has 2 heterocycles. The fraction of sp³-hybridized carbons (Fsp3) is 0.593. The molecular formula is C27H36Cl2N4O3. The fourth-order valence-corrected chi connectivity index (χ4v) is 6.01. The number of Topliss-reactive ketones (excluding diaryl/α,β-unsaturated/α-hetero) is 2. The first-order valence-electron chi connectivity index (χ1n) is 12.3. The van der Waals surface area contributed by atoms with Gasteiger partial charge in [0.2, 0.25) is 0 Å². The standard InChI is InChI=1S/C27H36Cl2N4O3/c1-16-19(11-31-33(16)18-8-9-20(17(2)34)27(6,7)10-18)25(36)32(15-26(3,4)5)14-23(35)24-21(28)12-30-13-22(24)29/h11-13,18,20H,8-10,14-15H2,1-7H3/t18-,20+/m0/s1. The second kappa shape index (κ2) is 10.6. The van der Waals surface area contributed by atoms with Crippen LogP contribution in [0.3, 0.4) is 0 Å². The largest absolute Gasteiger partial charge is 0.330 e. The third-order valence-electron chi connectivity index (χ3n) is 7.02. The number of carbonyl (C=O) groups is 3. The number of pyridine rings is 1. The maximum Gasteiger partial charge on any atom is 0.257 e. The van der Waals surface area contributed by atoms with Crippen molar-refractivity contribution in [1.29, 1.82) is 0 Å². The Morgan fingerprint density at radius 3 is 2.25 bits per heavy atom. The van der Waals surface area contributed by atoms with E-state index in [9.17, 15) is 14.4 Å². The molecule has 0 radical (unpaired) electrons. The zero-order valence-corrected chi connectivity index (χ0v) is 23.7. The highest BCUT2D eigenvalue weighted by Gasteiger charge is 2.40. The lowest BCUT2D eigenvalue weighted by atomic mass is 9.66. The smallest absolute Gasteiger partial charge is 0.257 e. The lowest BCUT2D eigenvalue weighted by Crippen LogP contribution is -2.41. The molecule has 36 heavy (non-hydrogen) atoms. The van der Waals surface area contributed by atoms with Crippen molar-refractivity contribution in [3.05, 3.63) is 45.5 Å². The predicted molar refractivity (Wildman–Crippen MR) is 142 cm³/mol. The minimum Gasteiger partial charge on any atom is -0.330 e. The van der Waals surface area contributed by atoms with E-state index in [2.05, 4.69) is 23.9 Å². The van der Waals surface area contributed by atoms with Crippen molar-refractivity contribution in [2.24, 2.45) is 16.7 Å². The molecule has 0 unspecified atom stereocenters. The maximum atomic E-state index is 13.7. The van der Waals surface area contributed by atoms with Crippen molar-refractivity contribution in [2.75, 3.05) is 13.1 Å². The Bertz CT molecular complexity index is 1150. The second-order valence-corrected chi connectivity index (χ2v) is 12.6. The van der Waals surface area contributed by atoms with Gasteiger partial charge in [-0.3, -0.25) is 24.0 Å². The van der Waals surface area contributed by atoms with Gasteiger partial charge in [-0.15, -0.1) is 0 Å². The summed E-state index contributed by atoms with van der Waals surface area (Å²) in [7, 11) is 0. The minimum atomic E-state index is -0.348. The molecule has 0 saturated heterocycles. The van der Waals surface area contributed by atoms with Crippen LogP contribution in [0.2, 0.25) is 10.0 Å². The van der Waals surface area contributed by atoms with E-state index in [1.54, 1.807) is 18.0 Å². The van der Waals surface area contributed by atoms with Crippen LogP contribution >= 0.6 is 23.2 Å². The normalized spacial score (nSPS) is 19.7. The van der Waals surface area contributed by atoms with Gasteiger partial charge in [0.25, 0.3) is 5.91 Å². The monoisotopic (exact) mass is 534 g/mol. The summed E-state index contributed by atoms with van der Waals surface area (Å²) in [5.41, 5.74) is 0.988. The van der Waals surface area contributed by atoms with E-state index in [1.165, 1.54) is 12.4 Å². The molecule has 0 aromatic carbocycles. The van der Waals surface area contributed by atoms with Crippen LogP contribution in [0.1, 0.15) is 93.3 Å². The van der Waals surface area contributed by atoms with Crippen LogP contribution in [-0.2, 0) is 4.79 Å². The zero-order valence-electron chi connectivity index (χ0n) is 22.2. The molecule has 3 rings (SSSR count). The van der Waals surface area contributed by atoms with Gasteiger partial charge in [0, 0.05) is 30.6 Å². The first kappa shape index (κ1) is 28.3. The van der Waals surface area contributed by atoms with Gasteiger partial charge in [0.1, 0.15) is 5.78 Å². The summed E-state index contributed by atoms with van der Waals surface area (Å²) in [6.07, 6.45) is 6.76. The fourth-order valence-electron chi connectivity index (χ4n) is 5.44. The lowest BCUT2D eigenvalue weighted by molar-refractivity contribution is -0.126. The Balaban J connectivity index is 1.88. The molecule has 9 heteroatoms. The highest BCUT2D eigenvalue weighted by molar-refractivity contribution is 6.39. The summed E-state index contributed by atoms with van der Waals surface area (Å²) in [5, 5.41) is 4.90. The van der Waals surface area contributed by atoms with Crippen LogP contribution < -0.4 is 0 Å². The van der Waals surface area contributed by atoms with Gasteiger partial charge in [0.15, 0.2) is 5.78 Å². The summed E-state index contributed by atoms with van der Waals surface area (Å²) in [5.74, 6) is -0.353. The quantitative estimate of drug-likeness (QED) is 0.393. The minimum absolute atomic E-state index is 0.0332. The lowest BCUT2D eigenvalue weighted by Gasteiger charge is -2.41. The molecule has 0 N–H and O–H groups in total. The number of nitrogens with zero attached hydrogens (tertiary/aromatic N) is 4. The molecule has 2 atom stereocenters. The van der Waals surface area contributed by atoms with Crippen LogP contribution in [-0.4, -0.2) is 50.2 Å². The SMILES string of the molecule is CC(=O)[C@H]1CC[C@H](n2ncc(C(=O)N(CC(=O)c3c(Cl)cncc3Cl)CC(C)(C)C)c2C)CC1(C)C. The Hall–Kier alpha value is -2.25. The van der Waals surface area contributed by atoms with E-state index in [4.69, 9.17) is 23.2 Å². The zero-order chi connectivity index (χ0) is 27.0. The molecule has 7 nitrogen and oxygen atoms in total. The number of halogens is 2. The molecule has 1 aliphatic rings. The van der Waals surface area contributed by atoms with Gasteiger partial charge < -0.3 is 4.90 Å². The Morgan fingerprint density at radius 2 is 1.72 bits per heavy atom. The maximum absolute atomic E-state index is 13.7. The molecule has 1 fully saturated rings. The van der Waals surface area contributed by atoms with Crippen LogP contribution in [0.25, 0.3) is 0 Å². The Kier molecular flexibility index (Phi) is 8.36. The molecule has 196 valence electrons. The third kappa shape index (κ3) is 6.17. The van der Waals surface area contributed by atoms with Gasteiger partial charge in [-0.2, -0.15) is 5.10 Å². The van der Waals surface area contributed by atoms with Crippen molar-refractivity contribution in [1.82, 2.24) is 19.7 Å². The summed E-state index contributed by atoms with van der Waals surface area (Å²) in [4.78, 5) is 44.5. The van der Waals surface area contributed by atoms with E-state index >= 15 is 0 Å². The topological polar surface area (TPSA) is 85.2 Å². The molecular weight excluding hydrogens is 499 g/mol. The molecule has 2 aromatic heterocycles. The molecule has 1 aliphatic carbocycles. The van der Waals surface area contributed by atoms with Crippen LogP contribution in [0.4, 0.5) is 0 Å². The first-order valence-corrected chi connectivity index (χ1v) is 13.0. The van der Waals surface area contributed by atoms with E-state index in [-0.39, 0.29) is 62.4 Å². The number of amides is 1. The number of aromatic nitrogens is 3. The Morgan fingerprint density at radius 1 is 1.11 bits per heavy atom. The van der Waals surface area contributed by atoms with Gasteiger partial charge in [-0.1, -0.05) is 57.8 Å².